The number of aryl methyl sites for hydroxylation is 1. The van der Waals surface area contributed by atoms with Crippen molar-refractivity contribution in [2.24, 2.45) is 5.10 Å². The number of nitrogens with one attached hydrogen (secondary N) is 1. The smallest absolute Gasteiger partial charge is 0.271 e. The van der Waals surface area contributed by atoms with Crippen molar-refractivity contribution in [3.05, 3.63) is 91.2 Å². The predicted molar refractivity (Wildman–Crippen MR) is 113 cm³/mol. The van der Waals surface area contributed by atoms with Gasteiger partial charge in [-0.2, -0.15) is 5.10 Å². The van der Waals surface area contributed by atoms with Gasteiger partial charge in [0, 0.05) is 39.7 Å². The van der Waals surface area contributed by atoms with Crippen LogP contribution < -0.4 is 5.43 Å². The monoisotopic (exact) mass is 430 g/mol. The lowest BCUT2D eigenvalue weighted by atomic mass is 10.2. The van der Waals surface area contributed by atoms with Crippen molar-refractivity contribution < 1.29 is 9.72 Å². The molecule has 7 nitrogen and oxygen atoms in total. The number of nitro groups is 1. The Kier molecular flexibility index (Phi) is 6.00. The Labute approximate surface area is 176 Å². The van der Waals surface area contributed by atoms with Crippen molar-refractivity contribution in [2.45, 2.75) is 13.8 Å². The van der Waals surface area contributed by atoms with E-state index in [-0.39, 0.29) is 11.3 Å². The van der Waals surface area contributed by atoms with E-state index in [0.29, 0.717) is 10.0 Å². The van der Waals surface area contributed by atoms with Gasteiger partial charge in [0.1, 0.15) is 0 Å². The van der Waals surface area contributed by atoms with Crippen molar-refractivity contribution >= 4 is 41.0 Å². The number of carbonyl (C=O) groups excluding carboxylic acids is 1. The minimum absolute atomic E-state index is 0.148. The number of hydrazone groups is 1. The molecule has 0 atom stereocenters. The number of non-ortho nitro benzene ring substituents is 1. The first kappa shape index (κ1) is 20.6. The van der Waals surface area contributed by atoms with Crippen LogP contribution in [0.1, 0.15) is 27.3 Å². The lowest BCUT2D eigenvalue weighted by Gasteiger charge is -2.11. The molecule has 0 saturated heterocycles. The summed E-state index contributed by atoms with van der Waals surface area (Å²) >= 11 is 12.3. The van der Waals surface area contributed by atoms with Gasteiger partial charge in [0.05, 0.1) is 21.8 Å². The van der Waals surface area contributed by atoms with Gasteiger partial charge in [-0.05, 0) is 44.2 Å². The Hall–Kier alpha value is -3.16. The fraction of sp³-hybridized carbons (Fsp3) is 0.100. The van der Waals surface area contributed by atoms with Gasteiger partial charge in [-0.15, -0.1) is 0 Å². The molecule has 3 aromatic rings. The standard InChI is InChI=1S/C20H16Cl2N4O3/c1-12-8-15(13(2)25(12)19-7-6-16(21)10-18(19)22)11-23-24-20(27)14-4-3-5-17(9-14)26(28)29/h3-11H,1-2H3,(H,24,27)/b23-11-. The number of carbonyl (C=O) groups is 1. The summed E-state index contributed by atoms with van der Waals surface area (Å²) in [5.41, 5.74) is 5.74. The second-order valence-electron chi connectivity index (χ2n) is 6.26. The van der Waals surface area contributed by atoms with Crippen LogP contribution in [0.2, 0.25) is 10.0 Å². The Morgan fingerprint density at radius 2 is 1.93 bits per heavy atom. The highest BCUT2D eigenvalue weighted by Crippen LogP contribution is 2.28. The molecule has 0 aliphatic carbocycles. The SMILES string of the molecule is Cc1cc(/C=N\NC(=O)c2cccc([N+](=O)[O-])c2)c(C)n1-c1ccc(Cl)cc1Cl. The van der Waals surface area contributed by atoms with Crippen LogP contribution in [0.5, 0.6) is 0 Å². The fourth-order valence-corrected chi connectivity index (χ4v) is 3.43. The van der Waals surface area contributed by atoms with E-state index in [4.69, 9.17) is 23.2 Å². The third-order valence-electron chi connectivity index (χ3n) is 4.31. The topological polar surface area (TPSA) is 89.5 Å². The quantitative estimate of drug-likeness (QED) is 0.347. The van der Waals surface area contributed by atoms with Crippen LogP contribution in [0, 0.1) is 24.0 Å². The molecule has 3 rings (SSSR count). The largest absolute Gasteiger partial charge is 0.316 e. The zero-order valence-electron chi connectivity index (χ0n) is 15.5. The van der Waals surface area contributed by atoms with Gasteiger partial charge in [-0.1, -0.05) is 29.3 Å². The van der Waals surface area contributed by atoms with Crippen molar-refractivity contribution in [2.75, 3.05) is 0 Å². The number of aromatic nitrogens is 1. The number of nitrogens with zero attached hydrogens (tertiary/aromatic N) is 3. The molecule has 9 heteroatoms. The summed E-state index contributed by atoms with van der Waals surface area (Å²) in [5.74, 6) is -0.542. The van der Waals surface area contributed by atoms with Gasteiger partial charge in [0.25, 0.3) is 11.6 Å². The average Bonchev–Trinajstić information content (AvgIpc) is 2.95. The highest BCUT2D eigenvalue weighted by atomic mass is 35.5. The molecule has 29 heavy (non-hydrogen) atoms. The molecular weight excluding hydrogens is 415 g/mol. The van der Waals surface area contributed by atoms with Crippen LogP contribution in [0.3, 0.4) is 0 Å². The van der Waals surface area contributed by atoms with E-state index < -0.39 is 10.8 Å². The van der Waals surface area contributed by atoms with Crippen molar-refractivity contribution in [1.82, 2.24) is 9.99 Å². The second-order valence-corrected chi connectivity index (χ2v) is 7.11. The Bertz CT molecular complexity index is 1140. The minimum atomic E-state index is -0.559. The molecule has 0 unspecified atom stereocenters. The summed E-state index contributed by atoms with van der Waals surface area (Å²) in [7, 11) is 0. The Balaban J connectivity index is 1.81. The molecule has 1 heterocycles. The molecule has 0 saturated carbocycles. The summed E-state index contributed by atoms with van der Waals surface area (Å²) < 4.78 is 1.96. The van der Waals surface area contributed by atoms with E-state index >= 15 is 0 Å². The van der Waals surface area contributed by atoms with Gasteiger partial charge in [0.15, 0.2) is 0 Å². The zero-order valence-corrected chi connectivity index (χ0v) is 17.0. The molecule has 0 spiro atoms. The third-order valence-corrected chi connectivity index (χ3v) is 4.85. The predicted octanol–water partition coefficient (Wildman–Crippen LogP) is 5.07. The van der Waals surface area contributed by atoms with Crippen LogP contribution in [0.4, 0.5) is 5.69 Å². The number of hydrogen-bond acceptors (Lipinski definition) is 4. The maximum atomic E-state index is 12.2. The van der Waals surface area contributed by atoms with Crippen LogP contribution in [0.25, 0.3) is 5.69 Å². The van der Waals surface area contributed by atoms with Gasteiger partial charge in [-0.25, -0.2) is 5.43 Å². The molecule has 0 aliphatic rings. The van der Waals surface area contributed by atoms with Crippen LogP contribution >= 0.6 is 23.2 Å². The number of rotatable bonds is 5. The summed E-state index contributed by atoms with van der Waals surface area (Å²) in [4.78, 5) is 22.5. The lowest BCUT2D eigenvalue weighted by Crippen LogP contribution is -2.17. The first-order valence-electron chi connectivity index (χ1n) is 8.50. The second kappa shape index (κ2) is 8.46. The van der Waals surface area contributed by atoms with E-state index in [9.17, 15) is 14.9 Å². The average molecular weight is 431 g/mol. The van der Waals surface area contributed by atoms with Crippen molar-refractivity contribution in [3.63, 3.8) is 0 Å². The van der Waals surface area contributed by atoms with Gasteiger partial charge < -0.3 is 4.57 Å². The Morgan fingerprint density at radius 3 is 2.62 bits per heavy atom. The minimum Gasteiger partial charge on any atom is -0.316 e. The van der Waals surface area contributed by atoms with E-state index in [1.165, 1.54) is 30.5 Å². The molecule has 0 bridgehead atoms. The summed E-state index contributed by atoms with van der Waals surface area (Å²) in [6.07, 6.45) is 1.51. The van der Waals surface area contributed by atoms with Gasteiger partial charge >= 0.3 is 0 Å². The van der Waals surface area contributed by atoms with Crippen molar-refractivity contribution in [3.8, 4) is 5.69 Å². The molecule has 1 amide bonds. The number of hydrogen-bond donors (Lipinski definition) is 1. The maximum absolute atomic E-state index is 12.2. The number of amides is 1. The van der Waals surface area contributed by atoms with Crippen LogP contribution in [-0.4, -0.2) is 21.6 Å². The first-order valence-corrected chi connectivity index (χ1v) is 9.25. The first-order chi connectivity index (χ1) is 13.8. The molecule has 2 aromatic carbocycles. The van der Waals surface area contributed by atoms with Gasteiger partial charge in [0.2, 0.25) is 0 Å². The summed E-state index contributed by atoms with van der Waals surface area (Å²) in [5, 5.41) is 15.9. The molecule has 1 N–H and O–H groups in total. The third kappa shape index (κ3) is 4.47. The lowest BCUT2D eigenvalue weighted by molar-refractivity contribution is -0.384. The van der Waals surface area contributed by atoms with E-state index in [0.717, 1.165) is 22.6 Å². The summed E-state index contributed by atoms with van der Waals surface area (Å²) in [6.45, 7) is 3.83. The molecule has 0 fully saturated rings. The Morgan fingerprint density at radius 1 is 1.17 bits per heavy atom. The normalized spacial score (nSPS) is 11.0. The molecular formula is C20H16Cl2N4O3. The molecule has 0 aliphatic heterocycles. The van der Waals surface area contributed by atoms with Crippen LogP contribution in [-0.2, 0) is 0 Å². The molecule has 1 aromatic heterocycles. The summed E-state index contributed by atoms with van der Waals surface area (Å²) in [6, 6.07) is 12.6. The molecule has 0 radical (unpaired) electrons. The van der Waals surface area contributed by atoms with Gasteiger partial charge in [-0.3, -0.25) is 14.9 Å². The van der Waals surface area contributed by atoms with E-state index in [1.807, 2.05) is 30.5 Å². The highest BCUT2D eigenvalue weighted by Gasteiger charge is 2.13. The van der Waals surface area contributed by atoms with Crippen molar-refractivity contribution in [1.29, 1.82) is 0 Å². The zero-order chi connectivity index (χ0) is 21.1. The highest BCUT2D eigenvalue weighted by molar-refractivity contribution is 6.35. The maximum Gasteiger partial charge on any atom is 0.271 e. The van der Waals surface area contributed by atoms with E-state index in [1.54, 1.807) is 12.1 Å². The van der Waals surface area contributed by atoms with E-state index in [2.05, 4.69) is 10.5 Å². The number of benzene rings is 2. The number of halogens is 2. The van der Waals surface area contributed by atoms with Crippen LogP contribution in [0.15, 0.2) is 53.6 Å². The number of nitro benzene ring substituents is 1. The molecule has 148 valence electrons. The fourth-order valence-electron chi connectivity index (χ4n) is 2.94.